The van der Waals surface area contributed by atoms with Crippen LogP contribution < -0.4 is 0 Å². The van der Waals surface area contributed by atoms with E-state index in [1.807, 2.05) is 12.3 Å². The van der Waals surface area contributed by atoms with Crippen molar-refractivity contribution in [3.05, 3.63) is 16.3 Å². The Morgan fingerprint density at radius 2 is 2.08 bits per heavy atom. The van der Waals surface area contributed by atoms with Crippen molar-refractivity contribution in [3.8, 4) is 0 Å². The molecular weight excluding hydrogens is 192 g/mol. The highest BCUT2D eigenvalue weighted by Gasteiger charge is 2.15. The van der Waals surface area contributed by atoms with E-state index in [4.69, 9.17) is 0 Å². The molecule has 0 spiro atoms. The minimum absolute atomic E-state index is 0.191. The van der Waals surface area contributed by atoms with Gasteiger partial charge in [0.05, 0.1) is 10.6 Å². The summed E-state index contributed by atoms with van der Waals surface area (Å²) in [7, 11) is -2.99. The normalized spacial score (nSPS) is 11.8. The van der Waals surface area contributed by atoms with Gasteiger partial charge in [0.1, 0.15) is 0 Å². The van der Waals surface area contributed by atoms with Crippen LogP contribution in [0.3, 0.4) is 0 Å². The number of hydrogen-bond acceptors (Lipinski definition) is 3. The van der Waals surface area contributed by atoms with Crippen LogP contribution in [0, 0.1) is 0 Å². The van der Waals surface area contributed by atoms with Gasteiger partial charge < -0.3 is 0 Å². The van der Waals surface area contributed by atoms with Crippen LogP contribution in [0.1, 0.15) is 18.7 Å². The van der Waals surface area contributed by atoms with Crippen LogP contribution in [0.5, 0.6) is 0 Å². The predicted octanol–water partition coefficient (Wildman–Crippen LogP) is 2.10. The van der Waals surface area contributed by atoms with E-state index in [1.54, 1.807) is 13.0 Å². The summed E-state index contributed by atoms with van der Waals surface area (Å²) in [6.45, 7) is 3.65. The van der Waals surface area contributed by atoms with Crippen LogP contribution in [0.15, 0.2) is 16.3 Å². The molecule has 1 heterocycles. The summed E-state index contributed by atoms with van der Waals surface area (Å²) >= 11 is 1.51. The second-order valence-electron chi connectivity index (χ2n) is 2.47. The number of sulfone groups is 1. The monoisotopic (exact) mass is 204 g/mol. The Labute approximate surface area is 77.2 Å². The molecule has 1 aromatic heterocycles. The molecule has 0 fully saturated rings. The lowest BCUT2D eigenvalue weighted by Crippen LogP contribution is -2.04. The molecule has 0 saturated carbocycles. The van der Waals surface area contributed by atoms with Gasteiger partial charge in [-0.25, -0.2) is 8.42 Å². The van der Waals surface area contributed by atoms with Crippen LogP contribution in [0.25, 0.3) is 0 Å². The predicted molar refractivity (Wildman–Crippen MR) is 51.4 cm³/mol. The van der Waals surface area contributed by atoms with Gasteiger partial charge >= 0.3 is 0 Å². The summed E-state index contributed by atoms with van der Waals surface area (Å²) in [5, 5.41) is 1.83. The summed E-state index contributed by atoms with van der Waals surface area (Å²) in [6, 6.07) is 1.70. The molecule has 0 bridgehead atoms. The zero-order valence-electron chi connectivity index (χ0n) is 7.20. The molecule has 0 aliphatic rings. The largest absolute Gasteiger partial charge is 0.224 e. The maximum Gasteiger partial charge on any atom is 0.179 e. The van der Waals surface area contributed by atoms with Gasteiger partial charge in [-0.05, 0) is 17.9 Å². The second kappa shape index (κ2) is 3.58. The average Bonchev–Trinajstić information content (AvgIpc) is 2.52. The molecule has 0 radical (unpaired) electrons. The molecule has 0 atom stereocenters. The first-order valence-electron chi connectivity index (χ1n) is 3.91. The number of aryl methyl sites for hydroxylation is 1. The molecule has 12 heavy (non-hydrogen) atoms. The second-order valence-corrected chi connectivity index (χ2v) is 5.71. The summed E-state index contributed by atoms with van der Waals surface area (Å²) < 4.78 is 22.9. The summed E-state index contributed by atoms with van der Waals surface area (Å²) in [4.78, 5) is 1.49. The Morgan fingerprint density at radius 3 is 2.58 bits per heavy atom. The first kappa shape index (κ1) is 9.74. The summed E-state index contributed by atoms with van der Waals surface area (Å²) in [5.41, 5.74) is 0. The first-order chi connectivity index (χ1) is 5.61. The maximum absolute atomic E-state index is 11.4. The molecule has 1 aromatic rings. The van der Waals surface area contributed by atoms with E-state index in [9.17, 15) is 8.42 Å². The van der Waals surface area contributed by atoms with E-state index in [-0.39, 0.29) is 5.75 Å². The Kier molecular flexibility index (Phi) is 2.90. The van der Waals surface area contributed by atoms with Gasteiger partial charge in [-0.1, -0.05) is 13.8 Å². The van der Waals surface area contributed by atoms with Crippen LogP contribution in [0.4, 0.5) is 0 Å². The average molecular weight is 204 g/mol. The standard InChI is InChI=1S/C8H12O2S2/c1-3-7-8(5-6-11-7)12(9,10)4-2/h5-6H,3-4H2,1-2H3. The van der Waals surface area contributed by atoms with Crippen LogP contribution in [-0.4, -0.2) is 14.2 Å². The molecule has 68 valence electrons. The van der Waals surface area contributed by atoms with Crippen molar-refractivity contribution in [2.24, 2.45) is 0 Å². The fourth-order valence-corrected chi connectivity index (χ4v) is 3.43. The quantitative estimate of drug-likeness (QED) is 0.755. The van der Waals surface area contributed by atoms with E-state index >= 15 is 0 Å². The Bertz CT molecular complexity index is 349. The fourth-order valence-electron chi connectivity index (χ4n) is 1.02. The highest BCUT2D eigenvalue weighted by molar-refractivity contribution is 7.91. The molecule has 2 nitrogen and oxygen atoms in total. The SMILES string of the molecule is CCc1sccc1S(=O)(=O)CC. The van der Waals surface area contributed by atoms with Gasteiger partial charge in [-0.2, -0.15) is 0 Å². The highest BCUT2D eigenvalue weighted by Crippen LogP contribution is 2.23. The molecule has 0 unspecified atom stereocenters. The van der Waals surface area contributed by atoms with Crippen molar-refractivity contribution >= 4 is 21.2 Å². The molecular formula is C8H12O2S2. The Morgan fingerprint density at radius 1 is 1.42 bits per heavy atom. The Hall–Kier alpha value is -0.350. The van der Waals surface area contributed by atoms with E-state index < -0.39 is 9.84 Å². The number of hydrogen-bond donors (Lipinski definition) is 0. The molecule has 0 N–H and O–H groups in total. The van der Waals surface area contributed by atoms with Crippen molar-refractivity contribution < 1.29 is 8.42 Å². The smallest absolute Gasteiger partial charge is 0.179 e. The van der Waals surface area contributed by atoms with E-state index in [1.165, 1.54) is 11.3 Å². The third kappa shape index (κ3) is 1.69. The molecule has 0 amide bonds. The lowest BCUT2D eigenvalue weighted by Gasteiger charge is -1.99. The van der Waals surface area contributed by atoms with Gasteiger partial charge in [-0.15, -0.1) is 11.3 Å². The first-order valence-corrected chi connectivity index (χ1v) is 6.44. The van der Waals surface area contributed by atoms with Crippen molar-refractivity contribution in [1.82, 2.24) is 0 Å². The molecule has 0 aliphatic carbocycles. The molecule has 1 rings (SSSR count). The topological polar surface area (TPSA) is 34.1 Å². The lowest BCUT2D eigenvalue weighted by molar-refractivity contribution is 0.597. The Balaban J connectivity index is 3.19. The maximum atomic E-state index is 11.4. The molecule has 0 saturated heterocycles. The zero-order valence-corrected chi connectivity index (χ0v) is 8.83. The van der Waals surface area contributed by atoms with Crippen LogP contribution in [-0.2, 0) is 16.3 Å². The van der Waals surface area contributed by atoms with E-state index in [0.717, 1.165) is 11.3 Å². The van der Waals surface area contributed by atoms with Crippen LogP contribution >= 0.6 is 11.3 Å². The lowest BCUT2D eigenvalue weighted by atomic mass is 10.4. The number of rotatable bonds is 3. The van der Waals surface area contributed by atoms with Gasteiger partial charge in [0.25, 0.3) is 0 Å². The minimum Gasteiger partial charge on any atom is -0.224 e. The minimum atomic E-state index is -2.99. The van der Waals surface area contributed by atoms with E-state index in [2.05, 4.69) is 0 Å². The van der Waals surface area contributed by atoms with Gasteiger partial charge in [0.2, 0.25) is 0 Å². The zero-order chi connectivity index (χ0) is 9.19. The van der Waals surface area contributed by atoms with Crippen molar-refractivity contribution in [3.63, 3.8) is 0 Å². The third-order valence-corrected chi connectivity index (χ3v) is 4.75. The summed E-state index contributed by atoms with van der Waals surface area (Å²) in [6.07, 6.45) is 0.798. The fraction of sp³-hybridized carbons (Fsp3) is 0.500. The van der Waals surface area contributed by atoms with Crippen molar-refractivity contribution in [2.45, 2.75) is 25.2 Å². The molecule has 0 aliphatic heterocycles. The van der Waals surface area contributed by atoms with Crippen molar-refractivity contribution in [2.75, 3.05) is 5.75 Å². The van der Waals surface area contributed by atoms with Crippen molar-refractivity contribution in [1.29, 1.82) is 0 Å². The molecule has 4 heteroatoms. The van der Waals surface area contributed by atoms with Crippen LogP contribution in [0.2, 0.25) is 0 Å². The van der Waals surface area contributed by atoms with Gasteiger partial charge in [-0.3, -0.25) is 0 Å². The summed E-state index contributed by atoms with van der Waals surface area (Å²) in [5.74, 6) is 0.191. The van der Waals surface area contributed by atoms with Gasteiger partial charge in [0.15, 0.2) is 9.84 Å². The molecule has 0 aromatic carbocycles. The third-order valence-electron chi connectivity index (χ3n) is 1.74. The highest BCUT2D eigenvalue weighted by atomic mass is 32.2. The number of thiophene rings is 1. The van der Waals surface area contributed by atoms with Gasteiger partial charge in [0, 0.05) is 4.88 Å². The van der Waals surface area contributed by atoms with E-state index in [0.29, 0.717) is 4.90 Å².